The van der Waals surface area contributed by atoms with Crippen LogP contribution in [-0.4, -0.2) is 5.54 Å². The van der Waals surface area contributed by atoms with Crippen LogP contribution < -0.4 is 5.73 Å². The van der Waals surface area contributed by atoms with E-state index >= 15 is 0 Å². The predicted molar refractivity (Wildman–Crippen MR) is 51.8 cm³/mol. The smallest absolute Gasteiger partial charge is 0.0188 e. The molecule has 3 aliphatic carbocycles. The van der Waals surface area contributed by atoms with Crippen LogP contribution in [0.25, 0.3) is 0 Å². The highest BCUT2D eigenvalue weighted by Crippen LogP contribution is 2.62. The SMILES string of the molecule is CC1CC2CC(C1(C)C)C2(C)N. The van der Waals surface area contributed by atoms with Crippen molar-refractivity contribution < 1.29 is 0 Å². The Hall–Kier alpha value is -0.0400. The summed E-state index contributed by atoms with van der Waals surface area (Å²) in [5.41, 5.74) is 6.93. The Morgan fingerprint density at radius 3 is 2.08 bits per heavy atom. The first-order chi connectivity index (χ1) is 5.37. The average Bonchev–Trinajstić information content (AvgIpc) is 1.93. The minimum absolute atomic E-state index is 0.149. The van der Waals surface area contributed by atoms with Gasteiger partial charge in [-0.2, -0.15) is 0 Å². The van der Waals surface area contributed by atoms with Crippen LogP contribution in [0, 0.1) is 23.2 Å². The molecule has 0 amide bonds. The normalized spacial score (nSPS) is 56.2. The summed E-state index contributed by atoms with van der Waals surface area (Å²) in [5.74, 6) is 2.43. The topological polar surface area (TPSA) is 26.0 Å². The van der Waals surface area contributed by atoms with E-state index in [0.717, 1.165) is 17.8 Å². The minimum atomic E-state index is 0.149. The lowest BCUT2D eigenvalue weighted by atomic mass is 9.42. The monoisotopic (exact) mass is 167 g/mol. The molecule has 0 spiro atoms. The fourth-order valence-corrected chi connectivity index (χ4v) is 3.45. The molecule has 70 valence electrons. The lowest BCUT2D eigenvalue weighted by Crippen LogP contribution is -2.69. The molecule has 0 saturated heterocycles. The van der Waals surface area contributed by atoms with Gasteiger partial charge in [0.05, 0.1) is 0 Å². The Balaban J connectivity index is 2.27. The zero-order valence-electron chi connectivity index (χ0n) is 8.72. The summed E-state index contributed by atoms with van der Waals surface area (Å²) >= 11 is 0. The highest BCUT2D eigenvalue weighted by molar-refractivity contribution is 5.14. The van der Waals surface area contributed by atoms with Gasteiger partial charge in [0.2, 0.25) is 0 Å². The van der Waals surface area contributed by atoms with Gasteiger partial charge < -0.3 is 5.73 Å². The zero-order chi connectivity index (χ0) is 9.15. The average molecular weight is 167 g/mol. The molecule has 0 aliphatic heterocycles. The molecular weight excluding hydrogens is 146 g/mol. The second-order valence-corrected chi connectivity index (χ2v) is 5.81. The highest BCUT2D eigenvalue weighted by Gasteiger charge is 2.60. The van der Waals surface area contributed by atoms with Crippen LogP contribution in [0.2, 0.25) is 0 Å². The van der Waals surface area contributed by atoms with Gasteiger partial charge in [-0.1, -0.05) is 20.8 Å². The molecule has 12 heavy (non-hydrogen) atoms. The van der Waals surface area contributed by atoms with Gasteiger partial charge >= 0.3 is 0 Å². The zero-order valence-corrected chi connectivity index (χ0v) is 8.72. The first kappa shape index (κ1) is 8.55. The lowest BCUT2D eigenvalue weighted by Gasteiger charge is -2.65. The molecule has 1 heteroatoms. The molecule has 0 heterocycles. The van der Waals surface area contributed by atoms with Gasteiger partial charge in [-0.25, -0.2) is 0 Å². The van der Waals surface area contributed by atoms with E-state index < -0.39 is 0 Å². The number of fused-ring (bicyclic) bond motifs is 2. The second kappa shape index (κ2) is 2.06. The van der Waals surface area contributed by atoms with Gasteiger partial charge in [0.15, 0.2) is 0 Å². The fraction of sp³-hybridized carbons (Fsp3) is 1.00. The minimum Gasteiger partial charge on any atom is -0.325 e. The van der Waals surface area contributed by atoms with Crippen LogP contribution in [0.15, 0.2) is 0 Å². The second-order valence-electron chi connectivity index (χ2n) is 5.81. The quantitative estimate of drug-likeness (QED) is 0.589. The van der Waals surface area contributed by atoms with Crippen molar-refractivity contribution in [3.63, 3.8) is 0 Å². The van der Waals surface area contributed by atoms with Crippen molar-refractivity contribution in [1.29, 1.82) is 0 Å². The van der Waals surface area contributed by atoms with Crippen LogP contribution in [0.1, 0.15) is 40.5 Å². The van der Waals surface area contributed by atoms with Crippen molar-refractivity contribution in [2.75, 3.05) is 0 Å². The van der Waals surface area contributed by atoms with Crippen LogP contribution in [0.4, 0.5) is 0 Å². The molecule has 3 aliphatic rings. The summed E-state index contributed by atoms with van der Waals surface area (Å²) < 4.78 is 0. The standard InChI is InChI=1S/C11H21N/c1-7-5-8-6-9(10(7,2)3)11(8,4)12/h7-9H,5-6,12H2,1-4H3. The number of nitrogens with two attached hydrogens (primary N) is 1. The van der Waals surface area contributed by atoms with Crippen molar-refractivity contribution in [3.8, 4) is 0 Å². The Kier molecular flexibility index (Phi) is 1.47. The summed E-state index contributed by atoms with van der Waals surface area (Å²) in [5, 5.41) is 0. The molecule has 3 rings (SSSR count). The van der Waals surface area contributed by atoms with Crippen molar-refractivity contribution in [2.45, 2.75) is 46.1 Å². The largest absolute Gasteiger partial charge is 0.325 e. The van der Waals surface area contributed by atoms with Gasteiger partial charge in [-0.05, 0) is 42.9 Å². The molecule has 0 aromatic carbocycles. The number of hydrogen-bond donors (Lipinski definition) is 1. The summed E-state index contributed by atoms with van der Waals surface area (Å²) in [4.78, 5) is 0. The molecule has 0 aromatic heterocycles. The van der Waals surface area contributed by atoms with E-state index in [1.807, 2.05) is 0 Å². The van der Waals surface area contributed by atoms with Crippen molar-refractivity contribution >= 4 is 0 Å². The van der Waals surface area contributed by atoms with E-state index in [4.69, 9.17) is 5.73 Å². The number of rotatable bonds is 0. The fourth-order valence-electron chi connectivity index (χ4n) is 3.45. The highest BCUT2D eigenvalue weighted by atomic mass is 14.9. The molecule has 0 radical (unpaired) electrons. The third-order valence-corrected chi connectivity index (χ3v) is 4.96. The third kappa shape index (κ3) is 0.783. The van der Waals surface area contributed by atoms with Crippen LogP contribution in [-0.2, 0) is 0 Å². The molecule has 3 saturated carbocycles. The van der Waals surface area contributed by atoms with Crippen molar-refractivity contribution in [3.05, 3.63) is 0 Å². The Morgan fingerprint density at radius 2 is 1.75 bits per heavy atom. The molecule has 1 nitrogen and oxygen atoms in total. The van der Waals surface area contributed by atoms with Crippen molar-refractivity contribution in [1.82, 2.24) is 0 Å². The first-order valence-electron chi connectivity index (χ1n) is 5.15. The van der Waals surface area contributed by atoms with Gasteiger partial charge in [0, 0.05) is 5.54 Å². The van der Waals surface area contributed by atoms with Crippen LogP contribution in [0.3, 0.4) is 0 Å². The Morgan fingerprint density at radius 1 is 1.17 bits per heavy atom. The molecule has 0 aromatic rings. The van der Waals surface area contributed by atoms with E-state index in [-0.39, 0.29) is 5.54 Å². The van der Waals surface area contributed by atoms with E-state index in [1.54, 1.807) is 0 Å². The maximum Gasteiger partial charge on any atom is 0.0188 e. The van der Waals surface area contributed by atoms with Gasteiger partial charge in [0.1, 0.15) is 0 Å². The lowest BCUT2D eigenvalue weighted by molar-refractivity contribution is -0.126. The maximum absolute atomic E-state index is 6.31. The van der Waals surface area contributed by atoms with Crippen LogP contribution in [0.5, 0.6) is 0 Å². The maximum atomic E-state index is 6.31. The van der Waals surface area contributed by atoms with Gasteiger partial charge in [0.25, 0.3) is 0 Å². The summed E-state index contributed by atoms with van der Waals surface area (Å²) in [6.07, 6.45) is 2.72. The van der Waals surface area contributed by atoms with Crippen molar-refractivity contribution in [2.24, 2.45) is 28.9 Å². The summed E-state index contributed by atoms with van der Waals surface area (Å²) in [7, 11) is 0. The van der Waals surface area contributed by atoms with Crippen LogP contribution >= 0.6 is 0 Å². The van der Waals surface area contributed by atoms with E-state index in [1.165, 1.54) is 12.8 Å². The molecular formula is C11H21N. The predicted octanol–water partition coefficient (Wildman–Crippen LogP) is 2.41. The van der Waals surface area contributed by atoms with Gasteiger partial charge in [-0.15, -0.1) is 0 Å². The molecule has 3 fully saturated rings. The van der Waals surface area contributed by atoms with E-state index in [0.29, 0.717) is 5.41 Å². The number of hydrogen-bond acceptors (Lipinski definition) is 1. The summed E-state index contributed by atoms with van der Waals surface area (Å²) in [6, 6.07) is 0. The molecule has 4 unspecified atom stereocenters. The van der Waals surface area contributed by atoms with E-state index in [9.17, 15) is 0 Å². The first-order valence-corrected chi connectivity index (χ1v) is 5.15. The third-order valence-electron chi connectivity index (χ3n) is 4.96. The van der Waals surface area contributed by atoms with E-state index in [2.05, 4.69) is 27.7 Å². The summed E-state index contributed by atoms with van der Waals surface area (Å²) in [6.45, 7) is 9.42. The molecule has 2 N–H and O–H groups in total. The molecule has 4 atom stereocenters. The Bertz CT molecular complexity index is 205. The Labute approximate surface area is 75.7 Å². The molecule has 2 bridgehead atoms. The van der Waals surface area contributed by atoms with Gasteiger partial charge in [-0.3, -0.25) is 0 Å².